The Hall–Kier alpha value is -2.34. The van der Waals surface area contributed by atoms with E-state index in [4.69, 9.17) is 4.74 Å². The Balaban J connectivity index is 1.75. The van der Waals surface area contributed by atoms with Crippen molar-refractivity contribution in [3.05, 3.63) is 59.7 Å². The van der Waals surface area contributed by atoms with Crippen LogP contribution in [-0.2, 0) is 14.6 Å². The van der Waals surface area contributed by atoms with Crippen molar-refractivity contribution in [3.8, 4) is 5.75 Å². The summed E-state index contributed by atoms with van der Waals surface area (Å²) < 4.78 is 28.6. The van der Waals surface area contributed by atoms with Crippen LogP contribution in [0.3, 0.4) is 0 Å². The van der Waals surface area contributed by atoms with Gasteiger partial charge in [0.15, 0.2) is 9.84 Å². The molecule has 0 saturated carbocycles. The summed E-state index contributed by atoms with van der Waals surface area (Å²) in [6.45, 7) is 4.37. The van der Waals surface area contributed by atoms with Gasteiger partial charge in [0, 0.05) is 12.7 Å². The van der Waals surface area contributed by atoms with Crippen molar-refractivity contribution < 1.29 is 17.9 Å². The fraction of sp³-hybridized carbons (Fsp3) is 0.350. The Kier molecular flexibility index (Phi) is 6.80. The number of sulfone groups is 1. The fourth-order valence-corrected chi connectivity index (χ4v) is 3.09. The molecule has 0 unspecified atom stereocenters. The molecule has 26 heavy (non-hydrogen) atoms. The van der Waals surface area contributed by atoms with Crippen LogP contribution in [0.15, 0.2) is 53.4 Å². The van der Waals surface area contributed by atoms with E-state index >= 15 is 0 Å². The maximum atomic E-state index is 12.0. The summed E-state index contributed by atoms with van der Waals surface area (Å²) in [4.78, 5) is 12.3. The Morgan fingerprint density at radius 3 is 2.27 bits per heavy atom. The SMILES string of the molecule is Cc1ccc(OCCCC(=O)N[C@H](C)c2ccc(S(C)(=O)=O)cc2)cc1. The lowest BCUT2D eigenvalue weighted by Gasteiger charge is -2.15. The minimum atomic E-state index is -3.21. The van der Waals surface area contributed by atoms with Crippen molar-refractivity contribution in [1.82, 2.24) is 5.32 Å². The molecule has 2 aromatic carbocycles. The number of rotatable bonds is 8. The van der Waals surface area contributed by atoms with Crippen LogP contribution in [0.4, 0.5) is 0 Å². The van der Waals surface area contributed by atoms with E-state index < -0.39 is 9.84 Å². The van der Waals surface area contributed by atoms with E-state index in [1.165, 1.54) is 11.8 Å². The summed E-state index contributed by atoms with van der Waals surface area (Å²) in [5.74, 6) is 0.743. The van der Waals surface area contributed by atoms with Crippen LogP contribution in [0.25, 0.3) is 0 Å². The predicted molar refractivity (Wildman–Crippen MR) is 102 cm³/mol. The predicted octanol–water partition coefficient (Wildman–Crippen LogP) is 3.43. The summed E-state index contributed by atoms with van der Waals surface area (Å²) >= 11 is 0. The number of amides is 1. The largest absolute Gasteiger partial charge is 0.494 e. The summed E-state index contributed by atoms with van der Waals surface area (Å²) in [6, 6.07) is 14.2. The third kappa shape index (κ3) is 6.19. The second-order valence-corrected chi connectivity index (χ2v) is 8.41. The summed E-state index contributed by atoms with van der Waals surface area (Å²) in [5, 5.41) is 2.92. The van der Waals surface area contributed by atoms with E-state index in [9.17, 15) is 13.2 Å². The van der Waals surface area contributed by atoms with Gasteiger partial charge in [0.25, 0.3) is 0 Å². The zero-order valence-electron chi connectivity index (χ0n) is 15.4. The van der Waals surface area contributed by atoms with Gasteiger partial charge in [-0.25, -0.2) is 8.42 Å². The molecule has 0 spiro atoms. The maximum Gasteiger partial charge on any atom is 0.220 e. The van der Waals surface area contributed by atoms with E-state index in [1.54, 1.807) is 24.3 Å². The Morgan fingerprint density at radius 1 is 1.08 bits per heavy atom. The minimum Gasteiger partial charge on any atom is -0.494 e. The second kappa shape index (κ2) is 8.85. The van der Waals surface area contributed by atoms with Crippen LogP contribution >= 0.6 is 0 Å². The highest BCUT2D eigenvalue weighted by Gasteiger charge is 2.11. The monoisotopic (exact) mass is 375 g/mol. The van der Waals surface area contributed by atoms with Crippen LogP contribution in [0.1, 0.15) is 36.9 Å². The van der Waals surface area contributed by atoms with Gasteiger partial charge in [0.1, 0.15) is 5.75 Å². The zero-order valence-corrected chi connectivity index (χ0v) is 16.2. The molecule has 0 radical (unpaired) electrons. The highest BCUT2D eigenvalue weighted by molar-refractivity contribution is 7.90. The first-order valence-corrected chi connectivity index (χ1v) is 10.4. The quantitative estimate of drug-likeness (QED) is 0.718. The molecule has 0 aliphatic carbocycles. The van der Waals surface area contributed by atoms with Crippen molar-refractivity contribution >= 4 is 15.7 Å². The molecule has 1 N–H and O–H groups in total. The van der Waals surface area contributed by atoms with Crippen LogP contribution in [0.5, 0.6) is 5.75 Å². The number of ether oxygens (including phenoxy) is 1. The molecule has 2 rings (SSSR count). The minimum absolute atomic E-state index is 0.0582. The molecule has 0 aliphatic heterocycles. The molecule has 0 aromatic heterocycles. The average Bonchev–Trinajstić information content (AvgIpc) is 2.59. The highest BCUT2D eigenvalue weighted by atomic mass is 32.2. The number of carbonyl (C=O) groups excluding carboxylic acids is 1. The molecular formula is C20H25NO4S. The summed E-state index contributed by atoms with van der Waals surface area (Å²) in [5.41, 5.74) is 2.04. The van der Waals surface area contributed by atoms with Crippen molar-refractivity contribution in [1.29, 1.82) is 0 Å². The van der Waals surface area contributed by atoms with E-state index in [0.717, 1.165) is 11.3 Å². The standard InChI is InChI=1S/C20H25NO4S/c1-15-6-10-18(11-7-15)25-14-4-5-20(22)21-16(2)17-8-12-19(13-9-17)26(3,23)24/h6-13,16H,4-5,14H2,1-3H3,(H,21,22)/t16-/m1/s1. The van der Waals surface area contributed by atoms with Crippen molar-refractivity contribution in [2.24, 2.45) is 0 Å². The lowest BCUT2D eigenvalue weighted by molar-refractivity contribution is -0.121. The molecule has 0 saturated heterocycles. The zero-order chi connectivity index (χ0) is 19.2. The molecule has 6 heteroatoms. The third-order valence-corrected chi connectivity index (χ3v) is 5.15. The van der Waals surface area contributed by atoms with E-state index in [2.05, 4.69) is 5.32 Å². The number of hydrogen-bond acceptors (Lipinski definition) is 4. The Bertz CT molecular complexity index is 827. The lowest BCUT2D eigenvalue weighted by atomic mass is 10.1. The summed E-state index contributed by atoms with van der Waals surface area (Å²) in [7, 11) is -3.21. The Morgan fingerprint density at radius 2 is 1.69 bits per heavy atom. The van der Waals surface area contributed by atoms with Crippen LogP contribution in [0.2, 0.25) is 0 Å². The molecular weight excluding hydrogens is 350 g/mol. The third-order valence-electron chi connectivity index (χ3n) is 4.02. The van der Waals surface area contributed by atoms with Gasteiger partial charge in [-0.15, -0.1) is 0 Å². The number of hydrogen-bond donors (Lipinski definition) is 1. The van der Waals surface area contributed by atoms with E-state index in [0.29, 0.717) is 19.4 Å². The molecule has 1 atom stereocenters. The van der Waals surface area contributed by atoms with Gasteiger partial charge in [0.05, 0.1) is 17.5 Å². The first-order chi connectivity index (χ1) is 12.3. The highest BCUT2D eigenvalue weighted by Crippen LogP contribution is 2.16. The number of nitrogens with one attached hydrogen (secondary N) is 1. The van der Waals surface area contributed by atoms with Gasteiger partial charge in [-0.2, -0.15) is 0 Å². The van der Waals surface area contributed by atoms with Crippen molar-refractivity contribution in [3.63, 3.8) is 0 Å². The molecule has 2 aromatic rings. The number of benzene rings is 2. The topological polar surface area (TPSA) is 72.5 Å². The van der Waals surface area contributed by atoms with Gasteiger partial charge in [-0.3, -0.25) is 4.79 Å². The molecule has 140 valence electrons. The van der Waals surface area contributed by atoms with Gasteiger partial charge in [-0.05, 0) is 50.1 Å². The average molecular weight is 375 g/mol. The first kappa shape index (κ1) is 20.0. The molecule has 1 amide bonds. The Labute approximate surface area is 155 Å². The molecule has 5 nitrogen and oxygen atoms in total. The molecule has 0 aliphatic rings. The van der Waals surface area contributed by atoms with E-state index in [1.807, 2.05) is 38.1 Å². The van der Waals surface area contributed by atoms with Gasteiger partial charge in [0.2, 0.25) is 5.91 Å². The fourth-order valence-electron chi connectivity index (χ4n) is 2.46. The van der Waals surface area contributed by atoms with Crippen molar-refractivity contribution in [2.45, 2.75) is 37.6 Å². The van der Waals surface area contributed by atoms with E-state index in [-0.39, 0.29) is 16.8 Å². The van der Waals surface area contributed by atoms with Crippen LogP contribution < -0.4 is 10.1 Å². The molecule has 0 bridgehead atoms. The maximum absolute atomic E-state index is 12.0. The smallest absolute Gasteiger partial charge is 0.220 e. The number of carbonyl (C=O) groups is 1. The van der Waals surface area contributed by atoms with Crippen LogP contribution in [0, 0.1) is 6.92 Å². The van der Waals surface area contributed by atoms with Gasteiger partial charge < -0.3 is 10.1 Å². The van der Waals surface area contributed by atoms with Gasteiger partial charge >= 0.3 is 0 Å². The normalized spacial score (nSPS) is 12.4. The second-order valence-electron chi connectivity index (χ2n) is 6.40. The molecule has 0 fully saturated rings. The lowest BCUT2D eigenvalue weighted by Crippen LogP contribution is -2.26. The summed E-state index contributed by atoms with van der Waals surface area (Å²) in [6.07, 6.45) is 2.17. The molecule has 0 heterocycles. The first-order valence-electron chi connectivity index (χ1n) is 8.54. The van der Waals surface area contributed by atoms with Crippen molar-refractivity contribution in [2.75, 3.05) is 12.9 Å². The number of aryl methyl sites for hydroxylation is 1. The van der Waals surface area contributed by atoms with Gasteiger partial charge in [-0.1, -0.05) is 29.8 Å². The van der Waals surface area contributed by atoms with Crippen LogP contribution in [-0.4, -0.2) is 27.2 Å².